The summed E-state index contributed by atoms with van der Waals surface area (Å²) in [7, 11) is 0. The van der Waals surface area contributed by atoms with Gasteiger partial charge in [-0.05, 0) is 50.1 Å². The van der Waals surface area contributed by atoms with Crippen LogP contribution in [-0.2, 0) is 4.79 Å². The lowest BCUT2D eigenvalue weighted by Crippen LogP contribution is -2.32. The highest BCUT2D eigenvalue weighted by molar-refractivity contribution is 5.91. The minimum atomic E-state index is 0.0541. The van der Waals surface area contributed by atoms with Gasteiger partial charge in [0.2, 0.25) is 5.91 Å². The van der Waals surface area contributed by atoms with Gasteiger partial charge in [-0.2, -0.15) is 5.10 Å². The van der Waals surface area contributed by atoms with E-state index in [2.05, 4.69) is 52.6 Å². The predicted octanol–water partition coefficient (Wildman–Crippen LogP) is 3.28. The normalized spacial score (nSPS) is 22.0. The number of likely N-dealkylation sites (tertiary alicyclic amines) is 1. The van der Waals surface area contributed by atoms with Crippen molar-refractivity contribution in [2.24, 2.45) is 5.92 Å². The number of hydrogen-bond donors (Lipinski definition) is 1. The summed E-state index contributed by atoms with van der Waals surface area (Å²) in [6, 6.07) is 12.9. The van der Waals surface area contributed by atoms with E-state index in [-0.39, 0.29) is 5.91 Å². The number of nitrogens with zero attached hydrogens (tertiary/aromatic N) is 3. The zero-order valence-corrected chi connectivity index (χ0v) is 14.8. The van der Waals surface area contributed by atoms with Crippen molar-refractivity contribution >= 4 is 11.7 Å². The third-order valence-electron chi connectivity index (χ3n) is 5.54. The van der Waals surface area contributed by atoms with E-state index in [1.807, 2.05) is 10.7 Å². The number of nitrogens with one attached hydrogen (secondary N) is 1. The molecule has 1 saturated heterocycles. The Bertz CT molecular complexity index is 722. The molecular weight excluding hydrogens is 312 g/mol. The first-order valence-corrected chi connectivity index (χ1v) is 9.31. The van der Waals surface area contributed by atoms with Gasteiger partial charge in [0.25, 0.3) is 0 Å². The molecule has 0 unspecified atom stereocenters. The molecule has 1 amide bonds. The molecule has 2 aromatic rings. The first-order valence-electron chi connectivity index (χ1n) is 9.31. The summed E-state index contributed by atoms with van der Waals surface area (Å²) in [4.78, 5) is 14.7. The number of rotatable bonds is 6. The molecule has 2 aliphatic rings. The third-order valence-corrected chi connectivity index (χ3v) is 5.54. The number of amides is 1. The number of carbonyl (C=O) groups excluding carboxylic acids is 1. The smallest absolute Gasteiger partial charge is 0.239 e. The maximum atomic E-state index is 12.5. The van der Waals surface area contributed by atoms with Gasteiger partial charge in [-0.25, -0.2) is 4.68 Å². The van der Waals surface area contributed by atoms with Gasteiger partial charge in [-0.3, -0.25) is 9.69 Å². The lowest BCUT2D eigenvalue weighted by Gasteiger charge is -2.18. The molecule has 1 aliphatic heterocycles. The second-order valence-corrected chi connectivity index (χ2v) is 7.42. The van der Waals surface area contributed by atoms with Crippen LogP contribution in [0.4, 0.5) is 5.82 Å². The Balaban J connectivity index is 1.32. The van der Waals surface area contributed by atoms with Gasteiger partial charge in [0.1, 0.15) is 5.82 Å². The Hall–Kier alpha value is -2.14. The fourth-order valence-electron chi connectivity index (χ4n) is 3.88. The molecule has 5 heteroatoms. The topological polar surface area (TPSA) is 50.2 Å². The Morgan fingerprint density at radius 1 is 1.24 bits per heavy atom. The van der Waals surface area contributed by atoms with E-state index in [4.69, 9.17) is 0 Å². The van der Waals surface area contributed by atoms with E-state index in [9.17, 15) is 4.79 Å². The molecule has 1 saturated carbocycles. The predicted molar refractivity (Wildman–Crippen MR) is 98.5 cm³/mol. The third kappa shape index (κ3) is 3.76. The van der Waals surface area contributed by atoms with Crippen LogP contribution < -0.4 is 5.32 Å². The van der Waals surface area contributed by atoms with Crippen molar-refractivity contribution < 1.29 is 4.79 Å². The monoisotopic (exact) mass is 338 g/mol. The quantitative estimate of drug-likeness (QED) is 0.879. The van der Waals surface area contributed by atoms with Crippen LogP contribution >= 0.6 is 0 Å². The summed E-state index contributed by atoms with van der Waals surface area (Å²) in [5.74, 6) is 2.12. The molecule has 2 atom stereocenters. The zero-order chi connectivity index (χ0) is 17.2. The molecule has 132 valence electrons. The molecule has 0 bridgehead atoms. The first-order chi connectivity index (χ1) is 12.2. The maximum Gasteiger partial charge on any atom is 0.239 e. The molecule has 2 heterocycles. The van der Waals surface area contributed by atoms with Crippen molar-refractivity contribution in [3.05, 3.63) is 48.2 Å². The summed E-state index contributed by atoms with van der Waals surface area (Å²) in [5, 5.41) is 7.46. The molecule has 0 radical (unpaired) electrons. The number of benzene rings is 1. The summed E-state index contributed by atoms with van der Waals surface area (Å²) < 4.78 is 1.96. The molecule has 1 aromatic carbocycles. The van der Waals surface area contributed by atoms with Gasteiger partial charge in [0, 0.05) is 12.6 Å². The average molecular weight is 338 g/mol. The van der Waals surface area contributed by atoms with E-state index in [0.717, 1.165) is 25.3 Å². The van der Waals surface area contributed by atoms with Crippen LogP contribution in [0.2, 0.25) is 0 Å². The molecule has 0 spiro atoms. The van der Waals surface area contributed by atoms with Gasteiger partial charge in [-0.15, -0.1) is 0 Å². The van der Waals surface area contributed by atoms with Crippen molar-refractivity contribution in [2.45, 2.75) is 38.1 Å². The molecule has 5 nitrogen and oxygen atoms in total. The first kappa shape index (κ1) is 16.3. The van der Waals surface area contributed by atoms with Gasteiger partial charge in [0.05, 0.1) is 18.8 Å². The van der Waals surface area contributed by atoms with E-state index < -0.39 is 0 Å². The Kier molecular flexibility index (Phi) is 4.57. The van der Waals surface area contributed by atoms with Gasteiger partial charge < -0.3 is 5.32 Å². The molecule has 1 aromatic heterocycles. The second-order valence-electron chi connectivity index (χ2n) is 7.42. The minimum absolute atomic E-state index is 0.0541. The molecule has 2 fully saturated rings. The standard InChI is InChI=1S/C20H26N4O/c1-15(16-7-8-16)24-19(9-11-21-24)22-20(25)14-23-12-10-18(13-23)17-5-3-2-4-6-17/h2-6,9,11,15-16,18H,7-8,10,12-14H2,1H3,(H,22,25)/t15-,18-/m1/s1. The Labute approximate surface area is 149 Å². The van der Waals surface area contributed by atoms with Crippen LogP contribution in [0.3, 0.4) is 0 Å². The molecule has 1 aliphatic carbocycles. The van der Waals surface area contributed by atoms with E-state index in [1.54, 1.807) is 6.20 Å². The van der Waals surface area contributed by atoms with Crippen molar-refractivity contribution in [3.8, 4) is 0 Å². The van der Waals surface area contributed by atoms with Crippen LogP contribution in [0.25, 0.3) is 0 Å². The van der Waals surface area contributed by atoms with Crippen molar-refractivity contribution in [2.75, 3.05) is 25.0 Å². The van der Waals surface area contributed by atoms with Crippen LogP contribution in [0.15, 0.2) is 42.6 Å². The largest absolute Gasteiger partial charge is 0.310 e. The van der Waals surface area contributed by atoms with Crippen LogP contribution in [0.5, 0.6) is 0 Å². The van der Waals surface area contributed by atoms with Crippen molar-refractivity contribution in [1.29, 1.82) is 0 Å². The van der Waals surface area contributed by atoms with Crippen molar-refractivity contribution in [3.63, 3.8) is 0 Å². The Morgan fingerprint density at radius 3 is 2.80 bits per heavy atom. The summed E-state index contributed by atoms with van der Waals surface area (Å²) in [6.45, 7) is 4.57. The number of carbonyl (C=O) groups is 1. The number of aromatic nitrogens is 2. The highest BCUT2D eigenvalue weighted by atomic mass is 16.2. The lowest BCUT2D eigenvalue weighted by molar-refractivity contribution is -0.117. The van der Waals surface area contributed by atoms with Crippen LogP contribution in [-0.4, -0.2) is 40.2 Å². The van der Waals surface area contributed by atoms with Gasteiger partial charge >= 0.3 is 0 Å². The van der Waals surface area contributed by atoms with E-state index >= 15 is 0 Å². The minimum Gasteiger partial charge on any atom is -0.310 e. The summed E-state index contributed by atoms with van der Waals surface area (Å²) in [6.07, 6.45) is 5.43. The second kappa shape index (κ2) is 7.00. The number of anilines is 1. The molecule has 1 N–H and O–H groups in total. The zero-order valence-electron chi connectivity index (χ0n) is 14.8. The van der Waals surface area contributed by atoms with E-state index in [0.29, 0.717) is 24.4 Å². The van der Waals surface area contributed by atoms with Crippen molar-refractivity contribution in [1.82, 2.24) is 14.7 Å². The molecule has 4 rings (SSSR count). The fourth-order valence-corrected chi connectivity index (χ4v) is 3.88. The van der Waals surface area contributed by atoms with Crippen LogP contribution in [0, 0.1) is 5.92 Å². The maximum absolute atomic E-state index is 12.5. The van der Waals surface area contributed by atoms with Gasteiger partial charge in [-0.1, -0.05) is 30.3 Å². The Morgan fingerprint density at radius 2 is 2.04 bits per heavy atom. The molecule has 25 heavy (non-hydrogen) atoms. The lowest BCUT2D eigenvalue weighted by atomic mass is 9.99. The van der Waals surface area contributed by atoms with Gasteiger partial charge in [0.15, 0.2) is 0 Å². The highest BCUT2D eigenvalue weighted by Crippen LogP contribution is 2.40. The average Bonchev–Trinajstić information content (AvgIpc) is 3.21. The number of hydrogen-bond acceptors (Lipinski definition) is 3. The SMILES string of the molecule is C[C@H](C1CC1)n1nccc1NC(=O)CN1CC[C@@H](c2ccccc2)C1. The fraction of sp³-hybridized carbons (Fsp3) is 0.500. The van der Waals surface area contributed by atoms with Crippen LogP contribution in [0.1, 0.15) is 43.7 Å². The summed E-state index contributed by atoms with van der Waals surface area (Å²) in [5.41, 5.74) is 1.38. The van der Waals surface area contributed by atoms with E-state index in [1.165, 1.54) is 18.4 Å². The highest BCUT2D eigenvalue weighted by Gasteiger charge is 2.31. The molecular formula is C20H26N4O. The summed E-state index contributed by atoms with van der Waals surface area (Å²) >= 11 is 0.